The predicted molar refractivity (Wildman–Crippen MR) is 85.2 cm³/mol. The topological polar surface area (TPSA) is 49.4 Å². The van der Waals surface area contributed by atoms with Gasteiger partial charge in [0.2, 0.25) is 5.91 Å². The number of carbonyl (C=O) groups excluding carboxylic acids is 2. The molecule has 0 aliphatic carbocycles. The van der Waals surface area contributed by atoms with Crippen LogP contribution in [0.4, 0.5) is 15.8 Å². The van der Waals surface area contributed by atoms with Crippen LogP contribution in [0.3, 0.4) is 0 Å². The number of aryl methyl sites for hydroxylation is 1. The number of carbonyl (C=O) groups is 2. The van der Waals surface area contributed by atoms with Crippen LogP contribution in [0.5, 0.6) is 0 Å². The minimum absolute atomic E-state index is 0.101. The molecule has 0 unspecified atom stereocenters. The van der Waals surface area contributed by atoms with Crippen LogP contribution in [0, 0.1) is 5.82 Å². The van der Waals surface area contributed by atoms with Crippen molar-refractivity contribution in [3.8, 4) is 0 Å². The zero-order valence-electron chi connectivity index (χ0n) is 12.4. The molecule has 2 aromatic carbocycles. The quantitative estimate of drug-likeness (QED) is 0.927. The molecule has 4 rings (SSSR count). The van der Waals surface area contributed by atoms with E-state index >= 15 is 0 Å². The molecule has 0 saturated carbocycles. The summed E-state index contributed by atoms with van der Waals surface area (Å²) in [7, 11) is 0. The van der Waals surface area contributed by atoms with Crippen LogP contribution in [-0.4, -0.2) is 18.4 Å². The Hall–Kier alpha value is -2.69. The number of nitrogens with zero attached hydrogens (tertiary/aromatic N) is 1. The highest BCUT2D eigenvalue weighted by atomic mass is 19.1. The minimum atomic E-state index is -0.395. The van der Waals surface area contributed by atoms with Gasteiger partial charge >= 0.3 is 0 Å². The number of hydrogen-bond acceptors (Lipinski definition) is 2. The minimum Gasteiger partial charge on any atom is -0.322 e. The third kappa shape index (κ3) is 2.38. The van der Waals surface area contributed by atoms with Gasteiger partial charge in [0.1, 0.15) is 5.82 Å². The second-order valence-corrected chi connectivity index (χ2v) is 5.93. The van der Waals surface area contributed by atoms with Gasteiger partial charge in [-0.1, -0.05) is 6.07 Å². The molecule has 2 aliphatic heterocycles. The molecule has 2 amide bonds. The summed E-state index contributed by atoms with van der Waals surface area (Å²) in [5.41, 5.74) is 3.88. The zero-order chi connectivity index (χ0) is 16.0. The summed E-state index contributed by atoms with van der Waals surface area (Å²) in [5.74, 6) is -0.581. The van der Waals surface area contributed by atoms with Gasteiger partial charge in [0.05, 0.1) is 12.1 Å². The fourth-order valence-corrected chi connectivity index (χ4v) is 3.38. The SMILES string of the molecule is O=C(Nc1cccc(F)c1)c1cc2c3c(c1)CC(=O)N3CCC2. The van der Waals surface area contributed by atoms with Crippen LogP contribution in [0.15, 0.2) is 36.4 Å². The lowest BCUT2D eigenvalue weighted by Gasteiger charge is -2.25. The molecule has 0 saturated heterocycles. The number of rotatable bonds is 2. The number of anilines is 2. The van der Waals surface area contributed by atoms with E-state index in [9.17, 15) is 14.0 Å². The Labute approximate surface area is 132 Å². The van der Waals surface area contributed by atoms with Crippen LogP contribution >= 0.6 is 0 Å². The molecule has 4 nitrogen and oxygen atoms in total. The Morgan fingerprint density at radius 1 is 1.17 bits per heavy atom. The van der Waals surface area contributed by atoms with Crippen molar-refractivity contribution >= 4 is 23.2 Å². The Kier molecular flexibility index (Phi) is 3.15. The van der Waals surface area contributed by atoms with Gasteiger partial charge in [0.25, 0.3) is 5.91 Å². The first-order valence-electron chi connectivity index (χ1n) is 7.65. The fourth-order valence-electron chi connectivity index (χ4n) is 3.38. The summed E-state index contributed by atoms with van der Waals surface area (Å²) in [5, 5.41) is 2.70. The lowest BCUT2D eigenvalue weighted by atomic mass is 9.96. The molecule has 2 aliphatic rings. The normalized spacial score (nSPS) is 15.5. The Morgan fingerprint density at radius 3 is 2.83 bits per heavy atom. The first-order valence-corrected chi connectivity index (χ1v) is 7.65. The highest BCUT2D eigenvalue weighted by molar-refractivity contribution is 6.08. The van der Waals surface area contributed by atoms with Gasteiger partial charge in [-0.15, -0.1) is 0 Å². The van der Waals surface area contributed by atoms with E-state index in [1.165, 1.54) is 12.1 Å². The summed E-state index contributed by atoms with van der Waals surface area (Å²) in [4.78, 5) is 26.3. The maximum atomic E-state index is 13.2. The molecule has 0 radical (unpaired) electrons. The van der Waals surface area contributed by atoms with E-state index in [0.717, 1.165) is 36.2 Å². The highest BCUT2D eigenvalue weighted by Crippen LogP contribution is 2.37. The van der Waals surface area contributed by atoms with Crippen molar-refractivity contribution in [3.05, 3.63) is 58.9 Å². The average Bonchev–Trinajstić information content (AvgIpc) is 2.85. The van der Waals surface area contributed by atoms with Crippen LogP contribution < -0.4 is 10.2 Å². The molecular formula is C18H15FN2O2. The molecule has 116 valence electrons. The largest absolute Gasteiger partial charge is 0.322 e. The van der Waals surface area contributed by atoms with Gasteiger partial charge in [-0.3, -0.25) is 9.59 Å². The molecule has 2 aromatic rings. The average molecular weight is 310 g/mol. The maximum Gasteiger partial charge on any atom is 0.255 e. The van der Waals surface area contributed by atoms with Crippen molar-refractivity contribution in [2.24, 2.45) is 0 Å². The smallest absolute Gasteiger partial charge is 0.255 e. The second kappa shape index (κ2) is 5.19. The molecule has 0 spiro atoms. The molecule has 1 N–H and O–H groups in total. The van der Waals surface area contributed by atoms with E-state index in [1.54, 1.807) is 18.2 Å². The van der Waals surface area contributed by atoms with Crippen molar-refractivity contribution in [1.29, 1.82) is 0 Å². The highest BCUT2D eigenvalue weighted by Gasteiger charge is 2.32. The van der Waals surface area contributed by atoms with Crippen molar-refractivity contribution in [3.63, 3.8) is 0 Å². The fraction of sp³-hybridized carbons (Fsp3) is 0.222. The molecule has 0 fully saturated rings. The molecule has 0 atom stereocenters. The Balaban J connectivity index is 1.67. The van der Waals surface area contributed by atoms with Gasteiger partial charge < -0.3 is 10.2 Å². The summed E-state index contributed by atoms with van der Waals surface area (Å²) >= 11 is 0. The molecule has 0 bridgehead atoms. The lowest BCUT2D eigenvalue weighted by Crippen LogP contribution is -2.31. The van der Waals surface area contributed by atoms with E-state index in [4.69, 9.17) is 0 Å². The predicted octanol–water partition coefficient (Wildman–Crippen LogP) is 2.91. The van der Waals surface area contributed by atoms with Gasteiger partial charge in [0.15, 0.2) is 0 Å². The Bertz CT molecular complexity index is 832. The molecular weight excluding hydrogens is 295 g/mol. The lowest BCUT2D eigenvalue weighted by molar-refractivity contribution is -0.117. The van der Waals surface area contributed by atoms with E-state index in [2.05, 4.69) is 5.32 Å². The third-order valence-corrected chi connectivity index (χ3v) is 4.35. The van der Waals surface area contributed by atoms with Crippen molar-refractivity contribution in [2.75, 3.05) is 16.8 Å². The van der Waals surface area contributed by atoms with Crippen LogP contribution in [-0.2, 0) is 17.6 Å². The zero-order valence-corrected chi connectivity index (χ0v) is 12.4. The van der Waals surface area contributed by atoms with Gasteiger partial charge in [-0.2, -0.15) is 0 Å². The number of amides is 2. The third-order valence-electron chi connectivity index (χ3n) is 4.35. The first kappa shape index (κ1) is 13.9. The van der Waals surface area contributed by atoms with Crippen LogP contribution in [0.25, 0.3) is 0 Å². The van der Waals surface area contributed by atoms with Gasteiger partial charge in [0, 0.05) is 17.8 Å². The van der Waals surface area contributed by atoms with Gasteiger partial charge in [-0.05, 0) is 54.3 Å². The second-order valence-electron chi connectivity index (χ2n) is 5.93. The van der Waals surface area contributed by atoms with Gasteiger partial charge in [-0.25, -0.2) is 4.39 Å². The summed E-state index contributed by atoms with van der Waals surface area (Å²) in [6, 6.07) is 9.42. The maximum absolute atomic E-state index is 13.2. The van der Waals surface area contributed by atoms with Crippen molar-refractivity contribution in [1.82, 2.24) is 0 Å². The number of nitrogens with one attached hydrogen (secondary N) is 1. The first-order chi connectivity index (χ1) is 11.1. The van der Waals surface area contributed by atoms with Crippen molar-refractivity contribution < 1.29 is 14.0 Å². The number of halogens is 1. The summed E-state index contributed by atoms with van der Waals surface area (Å²) < 4.78 is 13.2. The monoisotopic (exact) mass is 310 g/mol. The number of hydrogen-bond donors (Lipinski definition) is 1. The summed E-state index contributed by atoms with van der Waals surface area (Å²) in [6.07, 6.45) is 2.13. The van der Waals surface area contributed by atoms with E-state index < -0.39 is 5.82 Å². The van der Waals surface area contributed by atoms with E-state index in [1.807, 2.05) is 11.0 Å². The van der Waals surface area contributed by atoms with E-state index in [-0.39, 0.29) is 11.8 Å². The molecule has 23 heavy (non-hydrogen) atoms. The van der Waals surface area contributed by atoms with Crippen LogP contribution in [0.2, 0.25) is 0 Å². The Morgan fingerprint density at radius 2 is 2.00 bits per heavy atom. The number of benzene rings is 2. The molecule has 5 heteroatoms. The standard InChI is InChI=1S/C18H15FN2O2/c19-14-4-1-5-15(10-14)20-18(23)13-7-11-3-2-6-21-16(22)9-12(8-13)17(11)21/h1,4-5,7-8,10H,2-3,6,9H2,(H,20,23). The molecule has 0 aromatic heterocycles. The molecule has 2 heterocycles. The van der Waals surface area contributed by atoms with E-state index in [0.29, 0.717) is 17.7 Å². The van der Waals surface area contributed by atoms with Crippen molar-refractivity contribution in [2.45, 2.75) is 19.3 Å². The summed E-state index contributed by atoms with van der Waals surface area (Å²) in [6.45, 7) is 0.758. The van der Waals surface area contributed by atoms with Crippen LogP contribution in [0.1, 0.15) is 27.9 Å².